The van der Waals surface area contributed by atoms with Crippen LogP contribution in [0, 0.1) is 5.92 Å². The Labute approximate surface area is 172 Å². The molecule has 5 nitrogen and oxygen atoms in total. The molecule has 6 heteroatoms. The number of hydrogen-bond donors (Lipinski definition) is 1. The van der Waals surface area contributed by atoms with E-state index in [1.807, 2.05) is 36.4 Å². The maximum atomic E-state index is 12.2. The molecule has 1 heterocycles. The van der Waals surface area contributed by atoms with Crippen LogP contribution < -0.4 is 5.32 Å². The molecule has 0 aliphatic heterocycles. The molecule has 1 aliphatic rings. The molecule has 150 valence electrons. The Morgan fingerprint density at radius 3 is 2.75 bits per heavy atom. The van der Waals surface area contributed by atoms with Gasteiger partial charge >= 0.3 is 0 Å². The molecule has 0 radical (unpaired) electrons. The van der Waals surface area contributed by atoms with E-state index < -0.39 is 0 Å². The van der Waals surface area contributed by atoms with Gasteiger partial charge < -0.3 is 9.88 Å². The molecule has 0 unspecified atom stereocenters. The number of nitrogens with zero attached hydrogens (tertiary/aromatic N) is 3. The van der Waals surface area contributed by atoms with Crippen LogP contribution in [0.4, 0.5) is 0 Å². The van der Waals surface area contributed by atoms with Gasteiger partial charge in [0.05, 0.1) is 5.75 Å². The van der Waals surface area contributed by atoms with Crippen molar-refractivity contribution in [3.63, 3.8) is 0 Å². The Bertz CT molecular complexity index is 753. The molecule has 1 saturated carbocycles. The summed E-state index contributed by atoms with van der Waals surface area (Å²) in [6, 6.07) is 9.94. The molecule has 1 fully saturated rings. The summed E-state index contributed by atoms with van der Waals surface area (Å²) >= 11 is 1.44. The van der Waals surface area contributed by atoms with Gasteiger partial charge in [0.15, 0.2) is 5.16 Å². The molecule has 3 rings (SSSR count). The number of aryl methyl sites for hydroxylation is 1. The van der Waals surface area contributed by atoms with E-state index in [-0.39, 0.29) is 5.91 Å². The van der Waals surface area contributed by atoms with Gasteiger partial charge in [-0.2, -0.15) is 0 Å². The lowest BCUT2D eigenvalue weighted by Crippen LogP contribution is -2.24. The van der Waals surface area contributed by atoms with Crippen LogP contribution >= 0.6 is 11.8 Å². The summed E-state index contributed by atoms with van der Waals surface area (Å²) in [4.78, 5) is 12.2. The number of carbonyl (C=O) groups is 1. The number of rotatable bonds is 10. The van der Waals surface area contributed by atoms with E-state index in [1.165, 1.54) is 50.3 Å². The SMILES string of the molecule is C=CCn1c(CCC2CCCCC2)nnc1SCC(=O)NCc1ccccc1. The van der Waals surface area contributed by atoms with Crippen molar-refractivity contribution in [3.05, 3.63) is 54.4 Å². The molecule has 1 aromatic heterocycles. The summed E-state index contributed by atoms with van der Waals surface area (Å²) in [6.07, 6.45) is 10.8. The number of allylic oxidation sites excluding steroid dienone is 1. The zero-order valence-electron chi connectivity index (χ0n) is 16.5. The summed E-state index contributed by atoms with van der Waals surface area (Å²) < 4.78 is 2.10. The van der Waals surface area contributed by atoms with E-state index in [1.54, 1.807) is 0 Å². The third kappa shape index (κ3) is 6.23. The van der Waals surface area contributed by atoms with E-state index >= 15 is 0 Å². The van der Waals surface area contributed by atoms with Crippen molar-refractivity contribution in [2.24, 2.45) is 5.92 Å². The third-order valence-corrected chi connectivity index (χ3v) is 6.24. The molecule has 1 aromatic carbocycles. The summed E-state index contributed by atoms with van der Waals surface area (Å²) in [6.45, 7) is 5.09. The summed E-state index contributed by atoms with van der Waals surface area (Å²) in [5, 5.41) is 12.5. The van der Waals surface area contributed by atoms with Crippen molar-refractivity contribution in [1.29, 1.82) is 0 Å². The molecule has 0 spiro atoms. The Morgan fingerprint density at radius 2 is 2.00 bits per heavy atom. The number of benzene rings is 1. The maximum Gasteiger partial charge on any atom is 0.230 e. The van der Waals surface area contributed by atoms with Crippen molar-refractivity contribution in [1.82, 2.24) is 20.1 Å². The summed E-state index contributed by atoms with van der Waals surface area (Å²) in [7, 11) is 0. The fourth-order valence-corrected chi connectivity index (χ4v) is 4.51. The fourth-order valence-electron chi connectivity index (χ4n) is 3.71. The second-order valence-electron chi connectivity index (χ2n) is 7.39. The minimum absolute atomic E-state index is 0.00533. The van der Waals surface area contributed by atoms with Gasteiger partial charge in [0.2, 0.25) is 5.91 Å². The van der Waals surface area contributed by atoms with E-state index in [9.17, 15) is 4.79 Å². The first-order chi connectivity index (χ1) is 13.8. The maximum absolute atomic E-state index is 12.2. The van der Waals surface area contributed by atoms with Crippen LogP contribution in [0.1, 0.15) is 49.9 Å². The van der Waals surface area contributed by atoms with Gasteiger partial charge in [-0.25, -0.2) is 0 Å². The normalized spacial score (nSPS) is 14.7. The number of amides is 1. The van der Waals surface area contributed by atoms with Crippen LogP contribution in [-0.2, 0) is 24.3 Å². The second-order valence-corrected chi connectivity index (χ2v) is 8.33. The van der Waals surface area contributed by atoms with Crippen molar-refractivity contribution < 1.29 is 4.79 Å². The smallest absolute Gasteiger partial charge is 0.230 e. The summed E-state index contributed by atoms with van der Waals surface area (Å²) in [5.74, 6) is 2.18. The molecule has 2 aromatic rings. The van der Waals surface area contributed by atoms with Crippen LogP contribution in [-0.4, -0.2) is 26.4 Å². The number of thioether (sulfide) groups is 1. The average Bonchev–Trinajstić information content (AvgIpc) is 3.12. The first kappa shape index (κ1) is 20.6. The highest BCUT2D eigenvalue weighted by Gasteiger charge is 2.17. The minimum atomic E-state index is 0.00533. The highest BCUT2D eigenvalue weighted by Crippen LogP contribution is 2.28. The molecule has 1 N–H and O–H groups in total. The zero-order valence-corrected chi connectivity index (χ0v) is 17.3. The minimum Gasteiger partial charge on any atom is -0.351 e. The lowest BCUT2D eigenvalue weighted by atomic mass is 9.86. The van der Waals surface area contributed by atoms with Crippen LogP contribution in [0.2, 0.25) is 0 Å². The monoisotopic (exact) mass is 398 g/mol. The van der Waals surface area contributed by atoms with E-state index in [4.69, 9.17) is 0 Å². The van der Waals surface area contributed by atoms with Gasteiger partial charge in [-0.1, -0.05) is 80.3 Å². The Kier molecular flexibility index (Phi) is 8.15. The average molecular weight is 399 g/mol. The Morgan fingerprint density at radius 1 is 1.21 bits per heavy atom. The van der Waals surface area contributed by atoms with Crippen molar-refractivity contribution >= 4 is 17.7 Å². The number of nitrogens with one attached hydrogen (secondary N) is 1. The molecule has 0 atom stereocenters. The topological polar surface area (TPSA) is 59.8 Å². The highest BCUT2D eigenvalue weighted by molar-refractivity contribution is 7.99. The molecule has 1 aliphatic carbocycles. The van der Waals surface area contributed by atoms with Gasteiger partial charge in [-0.3, -0.25) is 4.79 Å². The van der Waals surface area contributed by atoms with Crippen molar-refractivity contribution in [2.75, 3.05) is 5.75 Å². The highest BCUT2D eigenvalue weighted by atomic mass is 32.2. The van der Waals surface area contributed by atoms with Crippen LogP contribution in [0.15, 0.2) is 48.1 Å². The lowest BCUT2D eigenvalue weighted by Gasteiger charge is -2.21. The van der Waals surface area contributed by atoms with Crippen LogP contribution in [0.3, 0.4) is 0 Å². The predicted octanol–water partition coefficient (Wildman–Crippen LogP) is 4.39. The van der Waals surface area contributed by atoms with Crippen molar-refractivity contribution in [3.8, 4) is 0 Å². The molecular formula is C22H30N4OS. The van der Waals surface area contributed by atoms with Gasteiger partial charge in [0.25, 0.3) is 0 Å². The number of hydrogen-bond acceptors (Lipinski definition) is 4. The van der Waals surface area contributed by atoms with Gasteiger partial charge in [0, 0.05) is 19.5 Å². The number of aromatic nitrogens is 3. The zero-order chi connectivity index (χ0) is 19.6. The summed E-state index contributed by atoms with van der Waals surface area (Å²) in [5.41, 5.74) is 1.10. The van der Waals surface area contributed by atoms with E-state index in [2.05, 4.69) is 26.7 Å². The van der Waals surface area contributed by atoms with Crippen LogP contribution in [0.25, 0.3) is 0 Å². The number of carbonyl (C=O) groups excluding carboxylic acids is 1. The first-order valence-electron chi connectivity index (χ1n) is 10.2. The van der Waals surface area contributed by atoms with Crippen molar-refractivity contribution in [2.45, 2.75) is 63.2 Å². The fraction of sp³-hybridized carbons (Fsp3) is 0.500. The molecule has 0 bridgehead atoms. The van der Waals surface area contributed by atoms with E-state index in [0.29, 0.717) is 18.8 Å². The second kappa shape index (κ2) is 11.1. The molecule has 1 amide bonds. The Balaban J connectivity index is 1.50. The lowest BCUT2D eigenvalue weighted by molar-refractivity contribution is -0.118. The van der Waals surface area contributed by atoms with Gasteiger partial charge in [-0.15, -0.1) is 16.8 Å². The van der Waals surface area contributed by atoms with E-state index in [0.717, 1.165) is 28.9 Å². The standard InChI is InChI=1S/C22H30N4OS/c1-2-15-26-20(14-13-18-9-5-3-6-10-18)24-25-22(26)28-17-21(27)23-16-19-11-7-4-8-12-19/h2,4,7-8,11-12,18H,1,3,5-6,9-10,13-17H2,(H,23,27). The third-order valence-electron chi connectivity index (χ3n) is 5.27. The molecule has 28 heavy (non-hydrogen) atoms. The van der Waals surface area contributed by atoms with Gasteiger partial charge in [-0.05, 0) is 17.9 Å². The Hall–Kier alpha value is -2.08. The molecule has 0 saturated heterocycles. The predicted molar refractivity (Wildman–Crippen MR) is 114 cm³/mol. The van der Waals surface area contributed by atoms with Gasteiger partial charge in [0.1, 0.15) is 5.82 Å². The molecular weight excluding hydrogens is 368 g/mol. The first-order valence-corrected chi connectivity index (χ1v) is 11.2. The van der Waals surface area contributed by atoms with Crippen LogP contribution in [0.5, 0.6) is 0 Å². The largest absolute Gasteiger partial charge is 0.351 e. The quantitative estimate of drug-likeness (QED) is 0.476.